The van der Waals surface area contributed by atoms with Gasteiger partial charge >= 0.3 is 6.18 Å². The van der Waals surface area contributed by atoms with E-state index in [4.69, 9.17) is 0 Å². The molecule has 2 heterocycles. The number of hydrogen-bond acceptors (Lipinski definition) is 5. The number of nitrogens with one attached hydrogen (secondary N) is 2. The van der Waals surface area contributed by atoms with Crippen molar-refractivity contribution in [3.8, 4) is 0 Å². The Bertz CT molecular complexity index is 863. The molecule has 0 bridgehead atoms. The summed E-state index contributed by atoms with van der Waals surface area (Å²) in [5, 5.41) is 10.5. The highest BCUT2D eigenvalue weighted by molar-refractivity contribution is 14.0. The van der Waals surface area contributed by atoms with Gasteiger partial charge in [0.15, 0.2) is 5.96 Å². The third-order valence-corrected chi connectivity index (χ3v) is 5.30. The Morgan fingerprint density at radius 3 is 2.53 bits per heavy atom. The van der Waals surface area contributed by atoms with E-state index >= 15 is 0 Å². The summed E-state index contributed by atoms with van der Waals surface area (Å²) in [6.07, 6.45) is -1.86. The molecular formula is C20H30F3IN8. The summed E-state index contributed by atoms with van der Waals surface area (Å²) < 4.78 is 40.5. The van der Waals surface area contributed by atoms with Gasteiger partial charge in [0.25, 0.3) is 0 Å². The zero-order chi connectivity index (χ0) is 22.3. The highest BCUT2D eigenvalue weighted by atomic mass is 127. The van der Waals surface area contributed by atoms with E-state index in [2.05, 4.69) is 30.6 Å². The Labute approximate surface area is 203 Å². The summed E-state index contributed by atoms with van der Waals surface area (Å²) >= 11 is 0. The third-order valence-electron chi connectivity index (χ3n) is 5.30. The first-order chi connectivity index (χ1) is 14.9. The Hall–Kier alpha value is -2.09. The second-order valence-electron chi connectivity index (χ2n) is 7.38. The third kappa shape index (κ3) is 7.50. The molecule has 8 nitrogen and oxygen atoms in total. The second-order valence-corrected chi connectivity index (χ2v) is 7.38. The van der Waals surface area contributed by atoms with E-state index < -0.39 is 11.7 Å². The van der Waals surface area contributed by atoms with Gasteiger partial charge < -0.3 is 15.5 Å². The molecule has 32 heavy (non-hydrogen) atoms. The predicted molar refractivity (Wildman–Crippen MR) is 129 cm³/mol. The molecule has 3 rings (SSSR count). The molecule has 2 aromatic rings. The molecule has 0 radical (unpaired) electrons. The van der Waals surface area contributed by atoms with Gasteiger partial charge in [0, 0.05) is 52.5 Å². The molecule has 0 saturated carbocycles. The minimum absolute atomic E-state index is 0. The number of hydrogen-bond donors (Lipinski definition) is 2. The summed E-state index contributed by atoms with van der Waals surface area (Å²) in [5.74, 6) is 1.53. The first-order valence-electron chi connectivity index (χ1n) is 10.3. The quantitative estimate of drug-likeness (QED) is 0.232. The highest BCUT2D eigenvalue weighted by Crippen LogP contribution is 2.31. The van der Waals surface area contributed by atoms with E-state index in [9.17, 15) is 13.2 Å². The van der Waals surface area contributed by atoms with Crippen LogP contribution >= 0.6 is 24.0 Å². The normalized spacial score (nSPS) is 15.4. The lowest BCUT2D eigenvalue weighted by Crippen LogP contribution is -2.47. The maximum atomic E-state index is 12.9. The van der Waals surface area contributed by atoms with Crippen molar-refractivity contribution in [2.24, 2.45) is 12.0 Å². The van der Waals surface area contributed by atoms with Crippen LogP contribution in [0.5, 0.6) is 0 Å². The summed E-state index contributed by atoms with van der Waals surface area (Å²) in [6, 6.07) is 5.57. The highest BCUT2D eigenvalue weighted by Gasteiger charge is 2.31. The van der Waals surface area contributed by atoms with Gasteiger partial charge in [-0.25, -0.2) is 4.98 Å². The van der Waals surface area contributed by atoms with Gasteiger partial charge in [0.2, 0.25) is 0 Å². The predicted octanol–water partition coefficient (Wildman–Crippen LogP) is 2.33. The number of halogens is 4. The maximum Gasteiger partial charge on any atom is 0.416 e. The average Bonchev–Trinajstić information content (AvgIpc) is 3.18. The van der Waals surface area contributed by atoms with Crippen molar-refractivity contribution >= 4 is 35.6 Å². The van der Waals surface area contributed by atoms with E-state index in [-0.39, 0.29) is 24.0 Å². The van der Waals surface area contributed by atoms with Gasteiger partial charge in [-0.2, -0.15) is 18.3 Å². The molecule has 0 spiro atoms. The number of guanidine groups is 1. The molecule has 2 N–H and O–H groups in total. The number of alkyl halides is 3. The lowest BCUT2D eigenvalue weighted by molar-refractivity contribution is -0.137. The van der Waals surface area contributed by atoms with Crippen molar-refractivity contribution in [2.45, 2.75) is 19.1 Å². The molecule has 1 aromatic carbocycles. The maximum absolute atomic E-state index is 12.9. The summed E-state index contributed by atoms with van der Waals surface area (Å²) in [4.78, 5) is 12.7. The molecule has 178 valence electrons. The zero-order valence-electron chi connectivity index (χ0n) is 18.3. The first-order valence-corrected chi connectivity index (χ1v) is 10.3. The lowest BCUT2D eigenvalue weighted by Gasteiger charge is -2.36. The molecule has 0 amide bonds. The fourth-order valence-corrected chi connectivity index (χ4v) is 3.48. The summed E-state index contributed by atoms with van der Waals surface area (Å²) in [5.41, 5.74) is 0.0357. The molecule has 0 atom stereocenters. The van der Waals surface area contributed by atoms with E-state index in [1.54, 1.807) is 17.8 Å². The van der Waals surface area contributed by atoms with Crippen LogP contribution in [0.25, 0.3) is 0 Å². The molecule has 12 heteroatoms. The van der Waals surface area contributed by atoms with Crippen LogP contribution in [0.1, 0.15) is 17.8 Å². The van der Waals surface area contributed by atoms with Crippen molar-refractivity contribution in [3.05, 3.63) is 42.0 Å². The standard InChI is InChI=1S/C20H29F3N8.HI/c1-24-19(26-14-18-27-15-28-29(18)2)25-7-4-8-30-9-11-31(12-10-30)17-6-3-5-16(13-17)20(21,22)23;/h3,5-6,13,15H,4,7-12,14H2,1-2H3,(H2,24,25,26);1H. The SMILES string of the molecule is CN=C(NCCCN1CCN(c2cccc(C(F)(F)F)c2)CC1)NCc1ncnn1C.I. The van der Waals surface area contributed by atoms with Crippen LogP contribution in [0.15, 0.2) is 35.6 Å². The number of benzene rings is 1. The lowest BCUT2D eigenvalue weighted by atomic mass is 10.1. The Balaban J connectivity index is 0.00000363. The van der Waals surface area contributed by atoms with Crippen molar-refractivity contribution < 1.29 is 13.2 Å². The minimum atomic E-state index is -4.31. The molecular weight excluding hydrogens is 536 g/mol. The molecule has 0 unspecified atom stereocenters. The van der Waals surface area contributed by atoms with Gasteiger partial charge in [0.05, 0.1) is 12.1 Å². The number of anilines is 1. The molecule has 0 aliphatic carbocycles. The fourth-order valence-electron chi connectivity index (χ4n) is 3.48. The van der Waals surface area contributed by atoms with E-state index in [1.165, 1.54) is 18.5 Å². The van der Waals surface area contributed by atoms with E-state index in [0.29, 0.717) is 18.2 Å². The summed E-state index contributed by atoms with van der Waals surface area (Å²) in [7, 11) is 3.56. The fraction of sp³-hybridized carbons (Fsp3) is 0.550. The average molecular weight is 566 g/mol. The van der Waals surface area contributed by atoms with Crippen molar-refractivity contribution in [3.63, 3.8) is 0 Å². The molecule has 1 aliphatic rings. The van der Waals surface area contributed by atoms with Crippen molar-refractivity contribution in [2.75, 3.05) is 51.2 Å². The van der Waals surface area contributed by atoms with E-state index in [1.807, 2.05) is 11.9 Å². The number of nitrogens with zero attached hydrogens (tertiary/aromatic N) is 6. The van der Waals surface area contributed by atoms with Crippen LogP contribution in [0, 0.1) is 0 Å². The number of aromatic nitrogens is 3. The second kappa shape index (κ2) is 12.2. The van der Waals surface area contributed by atoms with Gasteiger partial charge in [-0.05, 0) is 31.2 Å². The molecule has 1 aromatic heterocycles. The number of aliphatic imine (C=N–C) groups is 1. The first kappa shape index (κ1) is 26.2. The Morgan fingerprint density at radius 2 is 1.91 bits per heavy atom. The smallest absolute Gasteiger partial charge is 0.369 e. The van der Waals surface area contributed by atoms with Crippen LogP contribution in [-0.2, 0) is 19.8 Å². The largest absolute Gasteiger partial charge is 0.416 e. The van der Waals surface area contributed by atoms with Gasteiger partial charge in [-0.3, -0.25) is 14.6 Å². The van der Waals surface area contributed by atoms with Crippen LogP contribution in [0.2, 0.25) is 0 Å². The number of rotatable bonds is 7. The van der Waals surface area contributed by atoms with Crippen LogP contribution in [0.4, 0.5) is 18.9 Å². The van der Waals surface area contributed by atoms with Crippen molar-refractivity contribution in [1.29, 1.82) is 0 Å². The van der Waals surface area contributed by atoms with Crippen LogP contribution in [0.3, 0.4) is 0 Å². The van der Waals surface area contributed by atoms with Crippen LogP contribution in [-0.4, -0.2) is 71.9 Å². The Kier molecular flexibility index (Phi) is 10.0. The molecule has 1 saturated heterocycles. The monoisotopic (exact) mass is 566 g/mol. The summed E-state index contributed by atoms with van der Waals surface area (Å²) in [6.45, 7) is 5.32. The minimum Gasteiger partial charge on any atom is -0.369 e. The number of aryl methyl sites for hydroxylation is 1. The van der Waals surface area contributed by atoms with Gasteiger partial charge in [0.1, 0.15) is 12.2 Å². The van der Waals surface area contributed by atoms with Gasteiger partial charge in [-0.15, -0.1) is 24.0 Å². The van der Waals surface area contributed by atoms with Crippen molar-refractivity contribution in [1.82, 2.24) is 30.3 Å². The van der Waals surface area contributed by atoms with E-state index in [0.717, 1.165) is 57.6 Å². The van der Waals surface area contributed by atoms with Gasteiger partial charge in [-0.1, -0.05) is 6.07 Å². The van der Waals surface area contributed by atoms with Crippen LogP contribution < -0.4 is 15.5 Å². The molecule has 1 fully saturated rings. The topological polar surface area (TPSA) is 73.6 Å². The number of piperazine rings is 1. The molecule has 1 aliphatic heterocycles. The Morgan fingerprint density at radius 1 is 1.16 bits per heavy atom. The zero-order valence-corrected chi connectivity index (χ0v) is 20.6.